The first-order chi connectivity index (χ1) is 13.9. The van der Waals surface area contributed by atoms with E-state index in [4.69, 9.17) is 0 Å². The van der Waals surface area contributed by atoms with E-state index in [-0.39, 0.29) is 17.5 Å². The molecule has 0 radical (unpaired) electrons. The van der Waals surface area contributed by atoms with Gasteiger partial charge in [-0.2, -0.15) is 0 Å². The molecule has 2 N–H and O–H groups in total. The van der Waals surface area contributed by atoms with Crippen molar-refractivity contribution in [1.82, 2.24) is 14.9 Å². The number of likely N-dealkylation sites (N-methyl/N-ethyl adjacent to an activating group) is 1. The van der Waals surface area contributed by atoms with Crippen LogP contribution < -0.4 is 10.9 Å². The van der Waals surface area contributed by atoms with Crippen molar-refractivity contribution in [2.75, 3.05) is 11.9 Å². The Morgan fingerprint density at radius 1 is 1.10 bits per heavy atom. The third-order valence-electron chi connectivity index (χ3n) is 5.19. The third-order valence-corrected chi connectivity index (χ3v) is 5.19. The minimum absolute atomic E-state index is 0.0805. The molecule has 0 fully saturated rings. The highest BCUT2D eigenvalue weighted by Gasteiger charge is 2.22. The summed E-state index contributed by atoms with van der Waals surface area (Å²) in [5.74, 6) is 0.789. The number of carbonyl (C=O) groups is 1. The number of amides is 1. The summed E-state index contributed by atoms with van der Waals surface area (Å²) in [6, 6.07) is 14.7. The van der Waals surface area contributed by atoms with Crippen LogP contribution in [0.25, 0.3) is 10.9 Å². The molecule has 0 bridgehead atoms. The molecule has 0 aliphatic rings. The van der Waals surface area contributed by atoms with Crippen LogP contribution >= 0.6 is 0 Å². The first-order valence-electron chi connectivity index (χ1n) is 10.0. The SMILES string of the molecule is CCN(Cc1nc2ccccc2c(=O)[nH]1)C(C)C(=O)Nc1ccccc1C(C)C. The van der Waals surface area contributed by atoms with Crippen molar-refractivity contribution in [1.29, 1.82) is 0 Å². The van der Waals surface area contributed by atoms with Crippen molar-refractivity contribution in [2.45, 2.75) is 46.2 Å². The summed E-state index contributed by atoms with van der Waals surface area (Å²) in [7, 11) is 0. The van der Waals surface area contributed by atoms with E-state index in [1.54, 1.807) is 6.07 Å². The van der Waals surface area contributed by atoms with Gasteiger partial charge < -0.3 is 10.3 Å². The van der Waals surface area contributed by atoms with Gasteiger partial charge in [-0.3, -0.25) is 14.5 Å². The van der Waals surface area contributed by atoms with Crippen LogP contribution in [0.1, 0.15) is 45.0 Å². The highest BCUT2D eigenvalue weighted by Crippen LogP contribution is 2.24. The summed E-state index contributed by atoms with van der Waals surface area (Å²) in [6.45, 7) is 9.11. The smallest absolute Gasteiger partial charge is 0.258 e. The summed E-state index contributed by atoms with van der Waals surface area (Å²) >= 11 is 0. The predicted molar refractivity (Wildman–Crippen MR) is 117 cm³/mol. The van der Waals surface area contributed by atoms with E-state index in [1.807, 2.05) is 61.2 Å². The fraction of sp³-hybridized carbons (Fsp3) is 0.348. The minimum Gasteiger partial charge on any atom is -0.324 e. The van der Waals surface area contributed by atoms with Crippen molar-refractivity contribution in [3.8, 4) is 0 Å². The molecule has 1 amide bonds. The van der Waals surface area contributed by atoms with Crippen molar-refractivity contribution < 1.29 is 4.79 Å². The average molecular weight is 393 g/mol. The molecule has 1 heterocycles. The number of aromatic amines is 1. The molecule has 0 aliphatic heterocycles. The van der Waals surface area contributed by atoms with Crippen LogP contribution in [0.2, 0.25) is 0 Å². The first kappa shape index (κ1) is 20.7. The summed E-state index contributed by atoms with van der Waals surface area (Å²) in [5.41, 5.74) is 2.44. The van der Waals surface area contributed by atoms with E-state index >= 15 is 0 Å². The van der Waals surface area contributed by atoms with Crippen LogP contribution in [0.5, 0.6) is 0 Å². The standard InChI is InChI=1S/C23H28N4O2/c1-5-27(14-21-24-20-13-9-7-11-18(20)23(29)26-21)16(4)22(28)25-19-12-8-6-10-17(19)15(2)3/h6-13,15-16H,5,14H2,1-4H3,(H,25,28)(H,24,26,29). The van der Waals surface area contributed by atoms with Gasteiger partial charge in [0, 0.05) is 5.69 Å². The number of carbonyl (C=O) groups excluding carboxylic acids is 1. The van der Waals surface area contributed by atoms with Crippen LogP contribution in [-0.4, -0.2) is 33.4 Å². The van der Waals surface area contributed by atoms with Gasteiger partial charge >= 0.3 is 0 Å². The molecule has 0 aliphatic carbocycles. The number of anilines is 1. The van der Waals surface area contributed by atoms with Crippen molar-refractivity contribution in [3.63, 3.8) is 0 Å². The summed E-state index contributed by atoms with van der Waals surface area (Å²) in [4.78, 5) is 34.6. The number of nitrogens with one attached hydrogen (secondary N) is 2. The molecule has 0 saturated carbocycles. The highest BCUT2D eigenvalue weighted by molar-refractivity contribution is 5.95. The maximum absolute atomic E-state index is 12.9. The number of aromatic nitrogens is 2. The minimum atomic E-state index is -0.378. The lowest BCUT2D eigenvalue weighted by Crippen LogP contribution is -2.42. The zero-order valence-electron chi connectivity index (χ0n) is 17.4. The number of hydrogen-bond donors (Lipinski definition) is 2. The number of rotatable bonds is 7. The molecule has 0 spiro atoms. The van der Waals surface area contributed by atoms with Gasteiger partial charge in [0.25, 0.3) is 5.56 Å². The molecule has 1 atom stereocenters. The fourth-order valence-corrected chi connectivity index (χ4v) is 3.44. The monoisotopic (exact) mass is 392 g/mol. The van der Waals surface area contributed by atoms with Gasteiger partial charge in [0.15, 0.2) is 0 Å². The molecule has 2 aromatic carbocycles. The fourth-order valence-electron chi connectivity index (χ4n) is 3.44. The third kappa shape index (κ3) is 4.71. The molecule has 3 aromatic rings. The normalized spacial score (nSPS) is 12.5. The Labute approximate surface area is 171 Å². The molecule has 1 aromatic heterocycles. The van der Waals surface area contributed by atoms with Crippen molar-refractivity contribution in [2.24, 2.45) is 0 Å². The zero-order chi connectivity index (χ0) is 21.0. The Balaban J connectivity index is 1.78. The number of para-hydroxylation sites is 2. The molecule has 152 valence electrons. The van der Waals surface area contributed by atoms with Crippen LogP contribution in [-0.2, 0) is 11.3 Å². The topological polar surface area (TPSA) is 78.1 Å². The zero-order valence-corrected chi connectivity index (χ0v) is 17.4. The van der Waals surface area contributed by atoms with Crippen LogP contribution in [0, 0.1) is 0 Å². The molecule has 6 heteroatoms. The van der Waals surface area contributed by atoms with Gasteiger partial charge in [0.2, 0.25) is 5.91 Å². The van der Waals surface area contributed by atoms with Gasteiger partial charge in [-0.25, -0.2) is 4.98 Å². The molecular formula is C23H28N4O2. The van der Waals surface area contributed by atoms with Gasteiger partial charge in [-0.1, -0.05) is 51.1 Å². The van der Waals surface area contributed by atoms with E-state index in [2.05, 4.69) is 29.1 Å². The molecule has 3 rings (SSSR count). The molecule has 29 heavy (non-hydrogen) atoms. The number of H-pyrrole nitrogens is 1. The van der Waals surface area contributed by atoms with Crippen LogP contribution in [0.15, 0.2) is 53.3 Å². The van der Waals surface area contributed by atoms with Crippen molar-refractivity contribution >= 4 is 22.5 Å². The van der Waals surface area contributed by atoms with Crippen molar-refractivity contribution in [3.05, 3.63) is 70.3 Å². The van der Waals surface area contributed by atoms with Gasteiger partial charge in [0.1, 0.15) is 5.82 Å². The van der Waals surface area contributed by atoms with Gasteiger partial charge in [0.05, 0.1) is 23.5 Å². The lowest BCUT2D eigenvalue weighted by Gasteiger charge is -2.27. The van der Waals surface area contributed by atoms with E-state index in [1.165, 1.54) is 0 Å². The largest absolute Gasteiger partial charge is 0.324 e. The predicted octanol–water partition coefficient (Wildman–Crippen LogP) is 3.90. The Kier molecular flexibility index (Phi) is 6.44. The number of benzene rings is 2. The quantitative estimate of drug-likeness (QED) is 0.639. The highest BCUT2D eigenvalue weighted by atomic mass is 16.2. The van der Waals surface area contributed by atoms with Crippen LogP contribution in [0.4, 0.5) is 5.69 Å². The van der Waals surface area contributed by atoms with E-state index in [9.17, 15) is 9.59 Å². The average Bonchev–Trinajstić information content (AvgIpc) is 2.71. The second-order valence-electron chi connectivity index (χ2n) is 7.50. The number of fused-ring (bicyclic) bond motifs is 1. The second-order valence-corrected chi connectivity index (χ2v) is 7.50. The summed E-state index contributed by atoms with van der Waals surface area (Å²) < 4.78 is 0. The Morgan fingerprint density at radius 3 is 2.52 bits per heavy atom. The Morgan fingerprint density at radius 2 is 1.79 bits per heavy atom. The number of hydrogen-bond acceptors (Lipinski definition) is 4. The first-order valence-corrected chi connectivity index (χ1v) is 10.0. The summed E-state index contributed by atoms with van der Waals surface area (Å²) in [6.07, 6.45) is 0. The Hall–Kier alpha value is -2.99. The van der Waals surface area contributed by atoms with E-state index < -0.39 is 0 Å². The second kappa shape index (κ2) is 9.01. The van der Waals surface area contributed by atoms with Gasteiger partial charge in [-0.15, -0.1) is 0 Å². The molecule has 6 nitrogen and oxygen atoms in total. The lowest BCUT2D eigenvalue weighted by atomic mass is 10.0. The van der Waals surface area contributed by atoms with E-state index in [0.29, 0.717) is 35.7 Å². The van der Waals surface area contributed by atoms with Crippen LogP contribution in [0.3, 0.4) is 0 Å². The maximum Gasteiger partial charge on any atom is 0.258 e. The molecule has 1 unspecified atom stereocenters. The summed E-state index contributed by atoms with van der Waals surface area (Å²) in [5, 5.41) is 3.63. The van der Waals surface area contributed by atoms with Gasteiger partial charge in [-0.05, 0) is 43.1 Å². The Bertz CT molecular complexity index is 1060. The van der Waals surface area contributed by atoms with E-state index in [0.717, 1.165) is 11.3 Å². The molecular weight excluding hydrogens is 364 g/mol. The molecule has 0 saturated heterocycles. The maximum atomic E-state index is 12.9. The lowest BCUT2D eigenvalue weighted by molar-refractivity contribution is -0.120. The number of nitrogens with zero attached hydrogens (tertiary/aromatic N) is 2.